The molecule has 0 atom stereocenters. The minimum atomic E-state index is -3.26. The Morgan fingerprint density at radius 1 is 1.50 bits per heavy atom. The molecule has 1 aromatic heterocycles. The number of aromatic nitrogens is 2. The summed E-state index contributed by atoms with van der Waals surface area (Å²) in [6.45, 7) is 1.61. The predicted molar refractivity (Wildman–Crippen MR) is 46.1 cm³/mol. The van der Waals surface area contributed by atoms with Crippen LogP contribution in [-0.2, 0) is 16.9 Å². The molecule has 0 unspecified atom stereocenters. The van der Waals surface area contributed by atoms with Crippen molar-refractivity contribution in [1.29, 1.82) is 0 Å². The lowest BCUT2D eigenvalue weighted by Crippen LogP contribution is -1.98. The van der Waals surface area contributed by atoms with Gasteiger partial charge in [0.2, 0.25) is 0 Å². The van der Waals surface area contributed by atoms with Crippen molar-refractivity contribution >= 4 is 21.4 Å². The Kier molecular flexibility index (Phi) is 2.18. The molecule has 1 heterocycles. The Balaban J connectivity index is 3.54. The van der Waals surface area contributed by atoms with Crippen molar-refractivity contribution in [2.75, 3.05) is 6.26 Å². The van der Waals surface area contributed by atoms with Crippen molar-refractivity contribution in [1.82, 2.24) is 9.78 Å². The molecule has 1 aromatic rings. The molecule has 0 N–H and O–H groups in total. The third-order valence-electron chi connectivity index (χ3n) is 1.47. The topological polar surface area (TPSA) is 52.0 Å². The number of rotatable bonds is 1. The Bertz CT molecular complexity index is 407. The Hall–Kier alpha value is -0.550. The lowest BCUT2D eigenvalue weighted by molar-refractivity contribution is 0.601. The molecular weight excluding hydrogens is 200 g/mol. The molecule has 1 rings (SSSR count). The lowest BCUT2D eigenvalue weighted by atomic mass is 10.5. The maximum Gasteiger partial charge on any atom is 0.180 e. The first-order valence-electron chi connectivity index (χ1n) is 3.23. The first-order chi connectivity index (χ1) is 5.34. The number of sulfone groups is 1. The average Bonchev–Trinajstić information content (AvgIpc) is 2.05. The van der Waals surface area contributed by atoms with Gasteiger partial charge in [-0.3, -0.25) is 4.68 Å². The largest absolute Gasteiger partial charge is 0.255 e. The highest BCUT2D eigenvalue weighted by molar-refractivity contribution is 7.90. The van der Waals surface area contributed by atoms with Crippen LogP contribution in [0.5, 0.6) is 0 Å². The minimum absolute atomic E-state index is 0.117. The molecule has 0 saturated heterocycles. The molecule has 0 radical (unpaired) electrons. The quantitative estimate of drug-likeness (QED) is 0.686. The highest BCUT2D eigenvalue weighted by Crippen LogP contribution is 2.23. The second-order valence-electron chi connectivity index (χ2n) is 2.60. The zero-order chi connectivity index (χ0) is 9.52. The van der Waals surface area contributed by atoms with E-state index in [1.54, 1.807) is 14.0 Å². The summed E-state index contributed by atoms with van der Waals surface area (Å²) in [5.74, 6) is 0. The molecule has 6 heteroatoms. The molecule has 0 saturated carbocycles. The molecular formula is C6H9ClN2O2S. The second kappa shape index (κ2) is 2.74. The molecule has 0 bridgehead atoms. The Morgan fingerprint density at radius 2 is 2.00 bits per heavy atom. The number of nitrogens with zero attached hydrogens (tertiary/aromatic N) is 2. The van der Waals surface area contributed by atoms with E-state index >= 15 is 0 Å². The van der Waals surface area contributed by atoms with Crippen LogP contribution in [0.2, 0.25) is 5.15 Å². The van der Waals surface area contributed by atoms with Crippen LogP contribution in [0.3, 0.4) is 0 Å². The monoisotopic (exact) mass is 208 g/mol. The van der Waals surface area contributed by atoms with Gasteiger partial charge < -0.3 is 0 Å². The van der Waals surface area contributed by atoms with Crippen LogP contribution in [0.1, 0.15) is 5.69 Å². The van der Waals surface area contributed by atoms with Gasteiger partial charge in [0.05, 0.1) is 5.69 Å². The molecule has 12 heavy (non-hydrogen) atoms. The molecule has 0 aliphatic heterocycles. The van der Waals surface area contributed by atoms with E-state index in [9.17, 15) is 8.42 Å². The van der Waals surface area contributed by atoms with Crippen molar-refractivity contribution in [3.05, 3.63) is 10.8 Å². The van der Waals surface area contributed by atoms with Crippen molar-refractivity contribution in [3.8, 4) is 0 Å². The highest BCUT2D eigenvalue weighted by atomic mass is 35.5. The summed E-state index contributed by atoms with van der Waals surface area (Å²) in [5, 5.41) is 4.04. The van der Waals surface area contributed by atoms with Gasteiger partial charge in [0, 0.05) is 13.3 Å². The maximum absolute atomic E-state index is 11.2. The zero-order valence-corrected chi connectivity index (χ0v) is 8.57. The summed E-state index contributed by atoms with van der Waals surface area (Å²) in [6.07, 6.45) is 1.11. The van der Waals surface area contributed by atoms with E-state index in [1.165, 1.54) is 4.68 Å². The van der Waals surface area contributed by atoms with E-state index in [1.807, 2.05) is 0 Å². The van der Waals surface area contributed by atoms with Crippen LogP contribution in [0, 0.1) is 6.92 Å². The first kappa shape index (κ1) is 9.54. The van der Waals surface area contributed by atoms with Gasteiger partial charge >= 0.3 is 0 Å². The van der Waals surface area contributed by atoms with Crippen molar-refractivity contribution in [3.63, 3.8) is 0 Å². The molecule has 0 aliphatic rings. The summed E-state index contributed by atoms with van der Waals surface area (Å²) in [5.41, 5.74) is 0.435. The lowest BCUT2D eigenvalue weighted by Gasteiger charge is -1.94. The Labute approximate surface area is 76.1 Å². The van der Waals surface area contributed by atoms with Gasteiger partial charge in [0.1, 0.15) is 10.0 Å². The normalized spacial score (nSPS) is 12.0. The van der Waals surface area contributed by atoms with Crippen molar-refractivity contribution < 1.29 is 8.42 Å². The van der Waals surface area contributed by atoms with Crippen LogP contribution in [-0.4, -0.2) is 24.5 Å². The van der Waals surface area contributed by atoms with Gasteiger partial charge in [-0.15, -0.1) is 0 Å². The zero-order valence-electron chi connectivity index (χ0n) is 7.00. The fourth-order valence-electron chi connectivity index (χ4n) is 1.03. The van der Waals surface area contributed by atoms with Gasteiger partial charge in [-0.2, -0.15) is 5.10 Å². The fourth-order valence-corrected chi connectivity index (χ4v) is 2.64. The third kappa shape index (κ3) is 1.47. The SMILES string of the molecule is Cc1nn(C)c(Cl)c1S(C)(=O)=O. The molecule has 0 amide bonds. The van der Waals surface area contributed by atoms with Gasteiger partial charge in [-0.25, -0.2) is 8.42 Å². The van der Waals surface area contributed by atoms with Gasteiger partial charge in [0.15, 0.2) is 9.84 Å². The van der Waals surface area contributed by atoms with Crippen LogP contribution in [0.4, 0.5) is 0 Å². The van der Waals surface area contributed by atoms with E-state index in [0.29, 0.717) is 5.69 Å². The van der Waals surface area contributed by atoms with E-state index in [0.717, 1.165) is 6.26 Å². The molecule has 0 aliphatic carbocycles. The highest BCUT2D eigenvalue weighted by Gasteiger charge is 2.20. The second-order valence-corrected chi connectivity index (χ2v) is 4.91. The first-order valence-corrected chi connectivity index (χ1v) is 5.50. The number of hydrogen-bond acceptors (Lipinski definition) is 3. The molecule has 0 aromatic carbocycles. The minimum Gasteiger partial charge on any atom is -0.255 e. The van der Waals surface area contributed by atoms with Gasteiger partial charge in [-0.1, -0.05) is 11.6 Å². The predicted octanol–water partition coefficient (Wildman–Crippen LogP) is 0.785. The van der Waals surface area contributed by atoms with Gasteiger partial charge in [-0.05, 0) is 6.92 Å². The van der Waals surface area contributed by atoms with Gasteiger partial charge in [0.25, 0.3) is 0 Å². The molecule has 0 spiro atoms. The summed E-state index contributed by atoms with van der Waals surface area (Å²) >= 11 is 5.72. The van der Waals surface area contributed by atoms with E-state index < -0.39 is 9.84 Å². The van der Waals surface area contributed by atoms with Crippen molar-refractivity contribution in [2.45, 2.75) is 11.8 Å². The summed E-state index contributed by atoms with van der Waals surface area (Å²) in [6, 6.07) is 0. The number of hydrogen-bond donors (Lipinski definition) is 0. The van der Waals surface area contributed by atoms with E-state index in [4.69, 9.17) is 11.6 Å². The summed E-state index contributed by atoms with van der Waals surface area (Å²) in [7, 11) is -1.66. The molecule has 4 nitrogen and oxygen atoms in total. The van der Waals surface area contributed by atoms with Crippen LogP contribution < -0.4 is 0 Å². The molecule has 68 valence electrons. The number of halogens is 1. The Morgan fingerprint density at radius 3 is 2.17 bits per heavy atom. The standard InChI is InChI=1S/C6H9ClN2O2S/c1-4-5(12(3,10)11)6(7)9(2)8-4/h1-3H3. The fraction of sp³-hybridized carbons (Fsp3) is 0.500. The third-order valence-corrected chi connectivity index (χ3v) is 3.25. The summed E-state index contributed by atoms with van der Waals surface area (Å²) < 4.78 is 23.6. The average molecular weight is 209 g/mol. The number of aryl methyl sites for hydroxylation is 2. The maximum atomic E-state index is 11.2. The molecule has 0 fully saturated rings. The van der Waals surface area contributed by atoms with E-state index in [2.05, 4.69) is 5.10 Å². The smallest absolute Gasteiger partial charge is 0.180 e. The van der Waals surface area contributed by atoms with E-state index in [-0.39, 0.29) is 10.0 Å². The van der Waals surface area contributed by atoms with Crippen LogP contribution in [0.15, 0.2) is 4.90 Å². The van der Waals surface area contributed by atoms with Crippen LogP contribution in [0.25, 0.3) is 0 Å². The summed E-state index contributed by atoms with van der Waals surface area (Å²) in [4.78, 5) is 0.117. The van der Waals surface area contributed by atoms with Crippen molar-refractivity contribution in [2.24, 2.45) is 7.05 Å². The van der Waals surface area contributed by atoms with Crippen LogP contribution >= 0.6 is 11.6 Å².